The van der Waals surface area contributed by atoms with Gasteiger partial charge in [-0.2, -0.15) is 0 Å². The molecule has 1 saturated heterocycles. The van der Waals surface area contributed by atoms with Gasteiger partial charge in [0.25, 0.3) is 0 Å². The van der Waals surface area contributed by atoms with Crippen LogP contribution in [-0.2, 0) is 4.74 Å². The summed E-state index contributed by atoms with van der Waals surface area (Å²) in [5.41, 5.74) is 0.152. The zero-order valence-corrected chi connectivity index (χ0v) is 9.69. The molecule has 2 heteroatoms. The molecule has 1 rings (SSSR count). The summed E-state index contributed by atoms with van der Waals surface area (Å²) < 4.78 is 5.88. The van der Waals surface area contributed by atoms with Crippen molar-refractivity contribution in [3.05, 3.63) is 0 Å². The van der Waals surface area contributed by atoms with Gasteiger partial charge in [0, 0.05) is 5.33 Å². The normalized spacial score (nSPS) is 27.8. The second kappa shape index (κ2) is 4.61. The first-order valence-corrected chi connectivity index (χ1v) is 6.00. The Morgan fingerprint density at radius 1 is 1.42 bits per heavy atom. The van der Waals surface area contributed by atoms with E-state index >= 15 is 0 Å². The molecule has 0 aromatic carbocycles. The van der Waals surface area contributed by atoms with Crippen LogP contribution in [0.3, 0.4) is 0 Å². The third kappa shape index (κ3) is 3.44. The van der Waals surface area contributed by atoms with Crippen molar-refractivity contribution in [2.75, 3.05) is 5.33 Å². The highest BCUT2D eigenvalue weighted by Crippen LogP contribution is 2.31. The van der Waals surface area contributed by atoms with Gasteiger partial charge in [-0.3, -0.25) is 0 Å². The van der Waals surface area contributed by atoms with Gasteiger partial charge in [-0.1, -0.05) is 22.4 Å². The summed E-state index contributed by atoms with van der Waals surface area (Å²) >= 11 is 3.44. The first-order valence-electron chi connectivity index (χ1n) is 4.88. The van der Waals surface area contributed by atoms with E-state index in [0.717, 1.165) is 5.33 Å². The molecule has 1 aliphatic heterocycles. The number of hydrogen-bond donors (Lipinski definition) is 0. The number of alkyl halides is 1. The van der Waals surface area contributed by atoms with Crippen LogP contribution in [0, 0.1) is 0 Å². The molecule has 1 aliphatic rings. The average Bonchev–Trinajstić information content (AvgIpc) is 2.31. The molecule has 1 unspecified atom stereocenters. The Morgan fingerprint density at radius 2 is 2.17 bits per heavy atom. The maximum absolute atomic E-state index is 5.88. The Kier molecular flexibility index (Phi) is 4.04. The number of halogens is 1. The maximum atomic E-state index is 5.88. The van der Waals surface area contributed by atoms with Gasteiger partial charge in [0.15, 0.2) is 0 Å². The van der Waals surface area contributed by atoms with Crippen LogP contribution in [0.4, 0.5) is 0 Å². The second-order valence-corrected chi connectivity index (χ2v) is 5.02. The highest BCUT2D eigenvalue weighted by atomic mass is 79.9. The van der Waals surface area contributed by atoms with Gasteiger partial charge in [0.05, 0.1) is 11.7 Å². The van der Waals surface area contributed by atoms with Gasteiger partial charge in [0.1, 0.15) is 0 Å². The summed E-state index contributed by atoms with van der Waals surface area (Å²) in [6, 6.07) is 0. The summed E-state index contributed by atoms with van der Waals surface area (Å²) in [7, 11) is 0. The van der Waals surface area contributed by atoms with Crippen LogP contribution in [0.15, 0.2) is 0 Å². The lowest BCUT2D eigenvalue weighted by Gasteiger charge is -2.18. The van der Waals surface area contributed by atoms with E-state index in [2.05, 4.69) is 29.8 Å². The van der Waals surface area contributed by atoms with Crippen LogP contribution in [0.25, 0.3) is 0 Å². The van der Waals surface area contributed by atoms with Crippen molar-refractivity contribution in [2.24, 2.45) is 0 Å². The summed E-state index contributed by atoms with van der Waals surface area (Å²) in [6.45, 7) is 4.38. The van der Waals surface area contributed by atoms with Gasteiger partial charge >= 0.3 is 0 Å². The average molecular weight is 235 g/mol. The van der Waals surface area contributed by atoms with Crippen molar-refractivity contribution in [1.29, 1.82) is 0 Å². The Labute approximate surface area is 84.0 Å². The van der Waals surface area contributed by atoms with Crippen molar-refractivity contribution < 1.29 is 4.74 Å². The molecule has 0 aliphatic carbocycles. The summed E-state index contributed by atoms with van der Waals surface area (Å²) in [6.07, 6.45) is 6.85. The molecule has 12 heavy (non-hydrogen) atoms. The number of ether oxygens (including phenoxy) is 1. The van der Waals surface area contributed by atoms with Gasteiger partial charge in [-0.05, 0) is 39.5 Å². The molecule has 1 atom stereocenters. The summed E-state index contributed by atoms with van der Waals surface area (Å²) in [4.78, 5) is 0. The van der Waals surface area contributed by atoms with Gasteiger partial charge in [0.2, 0.25) is 0 Å². The predicted molar refractivity (Wildman–Crippen MR) is 55.8 cm³/mol. The molecule has 0 aromatic heterocycles. The molecule has 1 nitrogen and oxygen atoms in total. The second-order valence-electron chi connectivity index (χ2n) is 4.22. The molecule has 0 aromatic rings. The van der Waals surface area contributed by atoms with Crippen LogP contribution in [0.5, 0.6) is 0 Å². The molecule has 1 heterocycles. The Morgan fingerprint density at radius 3 is 2.67 bits per heavy atom. The lowest BCUT2D eigenvalue weighted by atomic mass is 10.0. The highest BCUT2D eigenvalue weighted by molar-refractivity contribution is 9.09. The molecular weight excluding hydrogens is 216 g/mol. The Hall–Kier alpha value is 0.440. The van der Waals surface area contributed by atoms with E-state index in [1.54, 1.807) is 0 Å². The van der Waals surface area contributed by atoms with E-state index in [9.17, 15) is 0 Å². The van der Waals surface area contributed by atoms with Gasteiger partial charge in [-0.15, -0.1) is 0 Å². The fourth-order valence-electron chi connectivity index (χ4n) is 1.75. The van der Waals surface area contributed by atoms with E-state index in [0.29, 0.717) is 6.10 Å². The predicted octanol–water partition coefficient (Wildman–Crippen LogP) is 3.51. The van der Waals surface area contributed by atoms with Crippen LogP contribution >= 0.6 is 15.9 Å². The zero-order valence-electron chi connectivity index (χ0n) is 8.11. The third-order valence-corrected chi connectivity index (χ3v) is 3.02. The number of rotatable bonds is 4. The molecule has 1 fully saturated rings. The van der Waals surface area contributed by atoms with Crippen molar-refractivity contribution in [2.45, 2.75) is 57.7 Å². The minimum atomic E-state index is 0.152. The molecule has 72 valence electrons. The van der Waals surface area contributed by atoms with E-state index in [4.69, 9.17) is 4.74 Å². The van der Waals surface area contributed by atoms with E-state index < -0.39 is 0 Å². The van der Waals surface area contributed by atoms with Crippen LogP contribution in [0.2, 0.25) is 0 Å². The number of hydrogen-bond acceptors (Lipinski definition) is 1. The Balaban J connectivity index is 2.11. The first kappa shape index (κ1) is 10.5. The zero-order chi connectivity index (χ0) is 9.03. The van der Waals surface area contributed by atoms with Gasteiger partial charge in [-0.25, -0.2) is 0 Å². The highest BCUT2D eigenvalue weighted by Gasteiger charge is 2.30. The topological polar surface area (TPSA) is 9.23 Å². The lowest BCUT2D eigenvalue weighted by molar-refractivity contribution is -0.0189. The minimum absolute atomic E-state index is 0.152. The van der Waals surface area contributed by atoms with Crippen LogP contribution < -0.4 is 0 Å². The number of unbranched alkanes of at least 4 members (excludes halogenated alkanes) is 1. The summed E-state index contributed by atoms with van der Waals surface area (Å²) in [5, 5.41) is 1.13. The fourth-order valence-corrected chi connectivity index (χ4v) is 2.14. The Bertz CT molecular complexity index is 134. The smallest absolute Gasteiger partial charge is 0.0631 e. The SMILES string of the molecule is CC1(C)CCC(CCCCBr)O1. The summed E-state index contributed by atoms with van der Waals surface area (Å²) in [5.74, 6) is 0. The van der Waals surface area contributed by atoms with E-state index in [1.165, 1.54) is 32.1 Å². The van der Waals surface area contributed by atoms with Crippen molar-refractivity contribution in [3.8, 4) is 0 Å². The van der Waals surface area contributed by atoms with E-state index in [-0.39, 0.29) is 5.60 Å². The molecule has 0 bridgehead atoms. The molecule has 0 saturated carbocycles. The van der Waals surface area contributed by atoms with Crippen molar-refractivity contribution >= 4 is 15.9 Å². The molecular formula is C10H19BrO. The van der Waals surface area contributed by atoms with Crippen LogP contribution in [-0.4, -0.2) is 17.0 Å². The van der Waals surface area contributed by atoms with Gasteiger partial charge < -0.3 is 4.74 Å². The van der Waals surface area contributed by atoms with Crippen molar-refractivity contribution in [3.63, 3.8) is 0 Å². The minimum Gasteiger partial charge on any atom is -0.372 e. The molecule has 0 amide bonds. The van der Waals surface area contributed by atoms with Crippen LogP contribution in [0.1, 0.15) is 46.0 Å². The molecule has 0 spiro atoms. The fraction of sp³-hybridized carbons (Fsp3) is 1.00. The quantitative estimate of drug-likeness (QED) is 0.535. The largest absolute Gasteiger partial charge is 0.372 e. The monoisotopic (exact) mass is 234 g/mol. The first-order chi connectivity index (χ1) is 5.64. The van der Waals surface area contributed by atoms with Crippen molar-refractivity contribution in [1.82, 2.24) is 0 Å². The van der Waals surface area contributed by atoms with E-state index in [1.807, 2.05) is 0 Å². The third-order valence-electron chi connectivity index (χ3n) is 2.46. The lowest BCUT2D eigenvalue weighted by Crippen LogP contribution is -2.19. The standard InChI is InChI=1S/C10H19BrO/c1-10(2)7-6-9(12-10)5-3-4-8-11/h9H,3-8H2,1-2H3. The molecule has 0 radical (unpaired) electrons. The maximum Gasteiger partial charge on any atom is 0.0631 e. The molecule has 0 N–H and O–H groups in total.